The molecule has 20 heavy (non-hydrogen) atoms. The highest BCUT2D eigenvalue weighted by molar-refractivity contribution is 5.41. The summed E-state index contributed by atoms with van der Waals surface area (Å²) in [5.74, 6) is 1.36. The van der Waals surface area contributed by atoms with Gasteiger partial charge in [-0.25, -0.2) is 19.9 Å². The van der Waals surface area contributed by atoms with Gasteiger partial charge >= 0.3 is 0 Å². The van der Waals surface area contributed by atoms with E-state index in [4.69, 9.17) is 5.26 Å². The maximum atomic E-state index is 8.83. The molecule has 0 aromatic carbocycles. The van der Waals surface area contributed by atoms with Gasteiger partial charge in [-0.2, -0.15) is 5.26 Å². The molecule has 0 fully saturated rings. The molecule has 2 heterocycles. The lowest BCUT2D eigenvalue weighted by Crippen LogP contribution is -2.19. The van der Waals surface area contributed by atoms with Crippen molar-refractivity contribution < 1.29 is 0 Å². The summed E-state index contributed by atoms with van der Waals surface area (Å²) < 4.78 is 0. The second-order valence-electron chi connectivity index (χ2n) is 4.52. The highest BCUT2D eigenvalue weighted by Gasteiger charge is 2.06. The minimum absolute atomic E-state index is 0.348. The van der Waals surface area contributed by atoms with Crippen LogP contribution in [0.25, 0.3) is 0 Å². The number of aromatic nitrogens is 4. The maximum Gasteiger partial charge on any atom is 0.224 e. The molecule has 0 saturated heterocycles. The van der Waals surface area contributed by atoms with Gasteiger partial charge in [-0.05, 0) is 0 Å². The van der Waals surface area contributed by atoms with Gasteiger partial charge in [0.05, 0.1) is 0 Å². The number of nitriles is 1. The van der Waals surface area contributed by atoms with Crippen molar-refractivity contribution in [1.29, 1.82) is 5.26 Å². The lowest BCUT2D eigenvalue weighted by atomic mass is 10.3. The molecule has 0 unspecified atom stereocenters. The second kappa shape index (κ2) is 5.93. The first-order chi connectivity index (χ1) is 9.60. The van der Waals surface area contributed by atoms with Crippen LogP contribution in [-0.2, 0) is 6.54 Å². The van der Waals surface area contributed by atoms with Crippen LogP contribution in [0.2, 0.25) is 0 Å². The standard InChI is InChI=1S/C13H15N7/c1-19(2)13-15-6-10(7-16-13)8-20(3)12-4-11(5-14)17-9-18-12/h4,6-7,9H,8H2,1-3H3. The molecule has 0 saturated carbocycles. The SMILES string of the molecule is CN(C)c1ncc(CN(C)c2cc(C#N)ncn2)cn1. The lowest BCUT2D eigenvalue weighted by molar-refractivity contribution is 0.869. The molecular weight excluding hydrogens is 254 g/mol. The fraction of sp³-hybridized carbons (Fsp3) is 0.308. The molecule has 102 valence electrons. The van der Waals surface area contributed by atoms with Crippen LogP contribution in [0.4, 0.5) is 11.8 Å². The van der Waals surface area contributed by atoms with E-state index in [1.807, 2.05) is 37.0 Å². The van der Waals surface area contributed by atoms with Crippen molar-refractivity contribution in [3.8, 4) is 6.07 Å². The number of hydrogen-bond acceptors (Lipinski definition) is 7. The van der Waals surface area contributed by atoms with Gasteiger partial charge in [0.2, 0.25) is 5.95 Å². The average molecular weight is 269 g/mol. The number of anilines is 2. The normalized spacial score (nSPS) is 9.90. The van der Waals surface area contributed by atoms with Gasteiger partial charge in [-0.3, -0.25) is 0 Å². The van der Waals surface area contributed by atoms with Crippen molar-refractivity contribution in [3.63, 3.8) is 0 Å². The number of rotatable bonds is 4. The Labute approximate surface area is 117 Å². The van der Waals surface area contributed by atoms with E-state index < -0.39 is 0 Å². The Morgan fingerprint density at radius 3 is 2.40 bits per heavy atom. The minimum Gasteiger partial charge on any atom is -0.355 e. The van der Waals surface area contributed by atoms with Gasteiger partial charge < -0.3 is 9.80 Å². The van der Waals surface area contributed by atoms with Gasteiger partial charge in [0.1, 0.15) is 23.9 Å². The summed E-state index contributed by atoms with van der Waals surface area (Å²) in [5.41, 5.74) is 1.32. The lowest BCUT2D eigenvalue weighted by Gasteiger charge is -2.18. The fourth-order valence-corrected chi connectivity index (χ4v) is 1.63. The Bertz CT molecular complexity index is 615. The molecule has 0 aliphatic carbocycles. The molecule has 0 aliphatic rings. The molecule has 0 N–H and O–H groups in total. The van der Waals surface area contributed by atoms with E-state index in [1.54, 1.807) is 18.5 Å². The van der Waals surface area contributed by atoms with Crippen molar-refractivity contribution in [2.45, 2.75) is 6.54 Å². The first kappa shape index (κ1) is 13.7. The largest absolute Gasteiger partial charge is 0.355 e. The van der Waals surface area contributed by atoms with Crippen LogP contribution in [0.15, 0.2) is 24.8 Å². The quantitative estimate of drug-likeness (QED) is 0.813. The van der Waals surface area contributed by atoms with Crippen molar-refractivity contribution in [1.82, 2.24) is 19.9 Å². The molecule has 0 spiro atoms. The predicted octanol–water partition coefficient (Wildman–Crippen LogP) is 0.841. The van der Waals surface area contributed by atoms with Crippen LogP contribution in [0.1, 0.15) is 11.3 Å². The Morgan fingerprint density at radius 2 is 1.80 bits per heavy atom. The summed E-state index contributed by atoms with van der Waals surface area (Å²) in [6.45, 7) is 0.607. The third-order valence-corrected chi connectivity index (χ3v) is 2.67. The summed E-state index contributed by atoms with van der Waals surface area (Å²) in [4.78, 5) is 20.3. The molecule has 7 nitrogen and oxygen atoms in total. The zero-order valence-electron chi connectivity index (χ0n) is 11.6. The second-order valence-corrected chi connectivity index (χ2v) is 4.52. The summed E-state index contributed by atoms with van der Waals surface area (Å²) in [6.07, 6.45) is 4.95. The van der Waals surface area contributed by atoms with Gasteiger partial charge in [-0.15, -0.1) is 0 Å². The topological polar surface area (TPSA) is 81.8 Å². The van der Waals surface area contributed by atoms with Crippen molar-refractivity contribution >= 4 is 11.8 Å². The van der Waals surface area contributed by atoms with E-state index in [-0.39, 0.29) is 0 Å². The summed E-state index contributed by atoms with van der Waals surface area (Å²) >= 11 is 0. The van der Waals surface area contributed by atoms with Gasteiger partial charge in [-0.1, -0.05) is 0 Å². The Morgan fingerprint density at radius 1 is 1.10 bits per heavy atom. The van der Waals surface area contributed by atoms with Gasteiger partial charge in [0.25, 0.3) is 0 Å². The highest BCUT2D eigenvalue weighted by atomic mass is 15.2. The van der Waals surface area contributed by atoms with Crippen molar-refractivity contribution in [2.75, 3.05) is 30.9 Å². The molecule has 0 atom stereocenters. The Hall–Kier alpha value is -2.75. The number of nitrogens with zero attached hydrogens (tertiary/aromatic N) is 7. The van der Waals surface area contributed by atoms with Crippen molar-refractivity contribution in [2.24, 2.45) is 0 Å². The van der Waals surface area contributed by atoms with Crippen LogP contribution >= 0.6 is 0 Å². The first-order valence-electron chi connectivity index (χ1n) is 6.01. The Kier molecular flexibility index (Phi) is 4.05. The molecule has 0 radical (unpaired) electrons. The van der Waals surface area contributed by atoms with E-state index >= 15 is 0 Å². The molecule has 2 aromatic rings. The minimum atomic E-state index is 0.348. The highest BCUT2D eigenvalue weighted by Crippen LogP contribution is 2.12. The molecule has 7 heteroatoms. The molecule has 0 amide bonds. The average Bonchev–Trinajstić information content (AvgIpc) is 2.47. The fourth-order valence-electron chi connectivity index (χ4n) is 1.63. The molecular formula is C13H15N7. The van der Waals surface area contributed by atoms with E-state index in [9.17, 15) is 0 Å². The van der Waals surface area contributed by atoms with E-state index in [0.29, 0.717) is 24.0 Å². The van der Waals surface area contributed by atoms with E-state index in [2.05, 4.69) is 19.9 Å². The third kappa shape index (κ3) is 3.17. The Balaban J connectivity index is 2.11. The molecule has 0 aliphatic heterocycles. The van der Waals surface area contributed by atoms with E-state index in [1.165, 1.54) is 6.33 Å². The third-order valence-electron chi connectivity index (χ3n) is 2.67. The van der Waals surface area contributed by atoms with Gasteiger partial charge in [0.15, 0.2) is 0 Å². The van der Waals surface area contributed by atoms with Crippen LogP contribution in [0.5, 0.6) is 0 Å². The zero-order chi connectivity index (χ0) is 14.5. The molecule has 2 rings (SSSR count). The smallest absolute Gasteiger partial charge is 0.224 e. The summed E-state index contributed by atoms with van der Waals surface area (Å²) in [7, 11) is 5.68. The van der Waals surface area contributed by atoms with Crippen LogP contribution in [-0.4, -0.2) is 41.1 Å². The molecule has 2 aromatic heterocycles. The zero-order valence-corrected chi connectivity index (χ0v) is 11.6. The molecule has 0 bridgehead atoms. The monoisotopic (exact) mass is 269 g/mol. The summed E-state index contributed by atoms with van der Waals surface area (Å²) in [5, 5.41) is 8.83. The van der Waals surface area contributed by atoms with E-state index in [0.717, 1.165) is 5.56 Å². The van der Waals surface area contributed by atoms with Crippen molar-refractivity contribution in [3.05, 3.63) is 36.0 Å². The first-order valence-corrected chi connectivity index (χ1v) is 6.01. The number of hydrogen-bond donors (Lipinski definition) is 0. The summed E-state index contributed by atoms with van der Waals surface area (Å²) in [6, 6.07) is 3.65. The predicted molar refractivity (Wildman–Crippen MR) is 75.2 cm³/mol. The van der Waals surface area contributed by atoms with Gasteiger partial charge in [0, 0.05) is 51.7 Å². The maximum absolute atomic E-state index is 8.83. The van der Waals surface area contributed by atoms with Crippen LogP contribution < -0.4 is 9.80 Å². The van der Waals surface area contributed by atoms with Crippen LogP contribution in [0.3, 0.4) is 0 Å². The van der Waals surface area contributed by atoms with Crippen LogP contribution in [0, 0.1) is 11.3 Å².